The second-order valence-corrected chi connectivity index (χ2v) is 6.93. The van der Waals surface area contributed by atoms with Crippen molar-refractivity contribution in [3.05, 3.63) is 52.1 Å². The number of carbonyl (C=O) groups excluding carboxylic acids is 1. The molecule has 2 aliphatic rings. The molecule has 1 fully saturated rings. The van der Waals surface area contributed by atoms with E-state index in [0.29, 0.717) is 17.2 Å². The molecule has 1 amide bonds. The summed E-state index contributed by atoms with van der Waals surface area (Å²) in [6, 6.07) is 9.07. The van der Waals surface area contributed by atoms with Gasteiger partial charge in [0.25, 0.3) is 17.4 Å². The van der Waals surface area contributed by atoms with Gasteiger partial charge in [0.1, 0.15) is 5.75 Å². The van der Waals surface area contributed by atoms with E-state index in [0.717, 1.165) is 25.7 Å². The third kappa shape index (κ3) is 3.33. The number of hydrogen-bond donors (Lipinski definition) is 1. The first-order valence-corrected chi connectivity index (χ1v) is 9.15. The fraction of sp³-hybridized carbons (Fsp3) is 0.350. The van der Waals surface area contributed by atoms with E-state index in [1.165, 1.54) is 31.7 Å². The number of non-ortho nitro benzene ring substituents is 1. The van der Waals surface area contributed by atoms with Gasteiger partial charge in [-0.25, -0.2) is 0 Å². The molecule has 28 heavy (non-hydrogen) atoms. The van der Waals surface area contributed by atoms with Gasteiger partial charge in [0.15, 0.2) is 11.5 Å². The predicted octanol–water partition coefficient (Wildman–Crippen LogP) is 4.29. The Morgan fingerprint density at radius 2 is 1.86 bits per heavy atom. The Balaban J connectivity index is 1.55. The van der Waals surface area contributed by atoms with Crippen LogP contribution in [-0.4, -0.2) is 23.7 Å². The van der Waals surface area contributed by atoms with E-state index in [-0.39, 0.29) is 17.0 Å². The van der Waals surface area contributed by atoms with Crippen LogP contribution in [0.2, 0.25) is 0 Å². The first kappa shape index (κ1) is 18.1. The maximum Gasteiger partial charge on any atom is 0.270 e. The number of hydrogen-bond acceptors (Lipinski definition) is 6. The Hall–Kier alpha value is -3.29. The molecule has 4 rings (SSSR count). The zero-order valence-electron chi connectivity index (χ0n) is 15.4. The highest BCUT2D eigenvalue weighted by Crippen LogP contribution is 2.46. The van der Waals surface area contributed by atoms with Crippen molar-refractivity contribution in [1.82, 2.24) is 0 Å². The summed E-state index contributed by atoms with van der Waals surface area (Å²) in [4.78, 5) is 23.1. The van der Waals surface area contributed by atoms with Gasteiger partial charge in [0.2, 0.25) is 0 Å². The summed E-state index contributed by atoms with van der Waals surface area (Å²) in [5.41, 5.74) is 0.405. The Morgan fingerprint density at radius 1 is 1.11 bits per heavy atom. The number of benzene rings is 2. The Bertz CT molecular complexity index is 936. The molecule has 1 saturated carbocycles. The Morgan fingerprint density at radius 3 is 2.57 bits per heavy atom. The largest absolute Gasteiger partial charge is 0.496 e. The van der Waals surface area contributed by atoms with Crippen LogP contribution in [0, 0.1) is 10.1 Å². The highest BCUT2D eigenvalue weighted by Gasteiger charge is 2.42. The van der Waals surface area contributed by atoms with Gasteiger partial charge in [-0.3, -0.25) is 14.9 Å². The molecule has 8 nitrogen and oxygen atoms in total. The fourth-order valence-corrected chi connectivity index (χ4v) is 3.65. The molecule has 0 saturated heterocycles. The van der Waals surface area contributed by atoms with E-state index in [2.05, 4.69) is 5.32 Å². The third-order valence-electron chi connectivity index (χ3n) is 5.05. The summed E-state index contributed by atoms with van der Waals surface area (Å²) >= 11 is 0. The molecule has 1 aliphatic heterocycles. The Labute approximate surface area is 161 Å². The van der Waals surface area contributed by atoms with Crippen LogP contribution in [0.25, 0.3) is 0 Å². The molecule has 1 aliphatic carbocycles. The van der Waals surface area contributed by atoms with Crippen molar-refractivity contribution in [3.8, 4) is 17.2 Å². The smallest absolute Gasteiger partial charge is 0.270 e. The van der Waals surface area contributed by atoms with E-state index >= 15 is 0 Å². The number of carbonyl (C=O) groups is 1. The number of methoxy groups -OCH3 is 1. The summed E-state index contributed by atoms with van der Waals surface area (Å²) in [5, 5.41) is 13.8. The third-order valence-corrected chi connectivity index (χ3v) is 5.05. The van der Waals surface area contributed by atoms with Crippen molar-refractivity contribution >= 4 is 17.3 Å². The van der Waals surface area contributed by atoms with Crippen molar-refractivity contribution in [2.24, 2.45) is 0 Å². The first-order chi connectivity index (χ1) is 13.5. The summed E-state index contributed by atoms with van der Waals surface area (Å²) in [6.07, 6.45) is 4.98. The molecule has 146 valence electrons. The monoisotopic (exact) mass is 384 g/mol. The highest BCUT2D eigenvalue weighted by molar-refractivity contribution is 6.06. The topological polar surface area (TPSA) is 99.9 Å². The summed E-state index contributed by atoms with van der Waals surface area (Å²) in [6.45, 7) is 0. The molecule has 1 spiro atoms. The van der Waals surface area contributed by atoms with Crippen LogP contribution < -0.4 is 19.5 Å². The lowest BCUT2D eigenvalue weighted by Crippen LogP contribution is -2.40. The minimum Gasteiger partial charge on any atom is -0.496 e. The summed E-state index contributed by atoms with van der Waals surface area (Å²) < 4.78 is 17.3. The zero-order valence-corrected chi connectivity index (χ0v) is 15.4. The second kappa shape index (κ2) is 7.03. The van der Waals surface area contributed by atoms with Gasteiger partial charge in [-0.1, -0.05) is 6.42 Å². The Kier molecular flexibility index (Phi) is 4.54. The fourth-order valence-electron chi connectivity index (χ4n) is 3.65. The average Bonchev–Trinajstić information content (AvgIpc) is 3.04. The van der Waals surface area contributed by atoms with Gasteiger partial charge in [-0.2, -0.15) is 0 Å². The molecule has 0 unspecified atom stereocenters. The van der Waals surface area contributed by atoms with Gasteiger partial charge >= 0.3 is 0 Å². The minimum absolute atomic E-state index is 0.0816. The number of ether oxygens (including phenoxy) is 3. The van der Waals surface area contributed by atoms with Crippen LogP contribution >= 0.6 is 0 Å². The van der Waals surface area contributed by atoms with Crippen molar-refractivity contribution in [2.75, 3.05) is 12.4 Å². The van der Waals surface area contributed by atoms with E-state index < -0.39 is 16.6 Å². The molecule has 0 bridgehead atoms. The minimum atomic E-state index is -0.591. The number of anilines is 1. The van der Waals surface area contributed by atoms with Crippen LogP contribution in [0.5, 0.6) is 17.2 Å². The van der Waals surface area contributed by atoms with Crippen LogP contribution in [-0.2, 0) is 0 Å². The van der Waals surface area contributed by atoms with Gasteiger partial charge in [0.05, 0.1) is 17.6 Å². The lowest BCUT2D eigenvalue weighted by Gasteiger charge is -2.31. The van der Waals surface area contributed by atoms with Crippen molar-refractivity contribution in [1.29, 1.82) is 0 Å². The van der Waals surface area contributed by atoms with Crippen molar-refractivity contribution in [2.45, 2.75) is 37.9 Å². The average molecular weight is 384 g/mol. The van der Waals surface area contributed by atoms with Crippen LogP contribution in [0.1, 0.15) is 42.5 Å². The summed E-state index contributed by atoms with van der Waals surface area (Å²) in [5.74, 6) is 0.405. The van der Waals surface area contributed by atoms with Gasteiger partial charge < -0.3 is 19.5 Å². The van der Waals surface area contributed by atoms with Crippen molar-refractivity contribution < 1.29 is 23.9 Å². The lowest BCUT2D eigenvalue weighted by atomic mass is 9.94. The van der Waals surface area contributed by atoms with Crippen LogP contribution in [0.15, 0.2) is 36.4 Å². The number of rotatable bonds is 4. The lowest BCUT2D eigenvalue weighted by molar-refractivity contribution is -0.384. The molecule has 1 N–H and O–H groups in total. The van der Waals surface area contributed by atoms with E-state index in [1.54, 1.807) is 18.2 Å². The number of nitrogens with zero attached hydrogens (tertiary/aromatic N) is 1. The summed E-state index contributed by atoms with van der Waals surface area (Å²) in [7, 11) is 1.40. The van der Waals surface area contributed by atoms with Crippen LogP contribution in [0.4, 0.5) is 11.4 Å². The quantitative estimate of drug-likeness (QED) is 0.624. The number of nitrogens with one attached hydrogen (secondary N) is 1. The maximum atomic E-state index is 12.7. The standard InChI is InChI=1S/C20H20N2O6/c1-26-16-8-6-14(22(24)25)12-15(16)19(23)21-13-5-7-17-18(11-13)28-20(27-17)9-3-2-4-10-20/h5-8,11-12H,2-4,9-10H2,1H3,(H,21,23). The molecular formula is C20H20N2O6. The van der Waals surface area contributed by atoms with E-state index in [9.17, 15) is 14.9 Å². The molecule has 8 heteroatoms. The molecule has 2 aromatic carbocycles. The number of fused-ring (bicyclic) bond motifs is 1. The number of nitro benzene ring substituents is 1. The number of nitro groups is 1. The molecule has 0 aromatic heterocycles. The molecule has 2 aromatic rings. The SMILES string of the molecule is COc1ccc([N+](=O)[O-])cc1C(=O)Nc1ccc2c(c1)OC1(CCCCC1)O2. The van der Waals surface area contributed by atoms with Gasteiger partial charge in [-0.15, -0.1) is 0 Å². The molecule has 0 atom stereocenters. The number of amides is 1. The molecular weight excluding hydrogens is 364 g/mol. The predicted molar refractivity (Wildman–Crippen MR) is 101 cm³/mol. The molecule has 1 heterocycles. The van der Waals surface area contributed by atoms with E-state index in [4.69, 9.17) is 14.2 Å². The normalized spacial score (nSPS) is 16.6. The van der Waals surface area contributed by atoms with Gasteiger partial charge in [0, 0.05) is 36.7 Å². The zero-order chi connectivity index (χ0) is 19.7. The van der Waals surface area contributed by atoms with E-state index in [1.807, 2.05) is 0 Å². The van der Waals surface area contributed by atoms with Crippen LogP contribution in [0.3, 0.4) is 0 Å². The first-order valence-electron chi connectivity index (χ1n) is 9.15. The maximum absolute atomic E-state index is 12.7. The van der Waals surface area contributed by atoms with Gasteiger partial charge in [-0.05, 0) is 31.0 Å². The molecule has 0 radical (unpaired) electrons. The second-order valence-electron chi connectivity index (χ2n) is 6.93. The highest BCUT2D eigenvalue weighted by atomic mass is 16.7. The van der Waals surface area contributed by atoms with Crippen molar-refractivity contribution in [3.63, 3.8) is 0 Å².